The Morgan fingerprint density at radius 1 is 0.947 bits per heavy atom. The maximum Gasteiger partial charge on any atom is 0.257 e. The van der Waals surface area contributed by atoms with Gasteiger partial charge in [0.2, 0.25) is 0 Å². The van der Waals surface area contributed by atoms with E-state index in [2.05, 4.69) is 43.9 Å². The van der Waals surface area contributed by atoms with Gasteiger partial charge in [0.25, 0.3) is 11.8 Å². The van der Waals surface area contributed by atoms with Gasteiger partial charge in [0.1, 0.15) is 5.65 Å². The van der Waals surface area contributed by atoms with Gasteiger partial charge in [0, 0.05) is 80.9 Å². The average Bonchev–Trinajstić information content (AvgIpc) is 3.61. The molecule has 38 heavy (non-hydrogen) atoms. The van der Waals surface area contributed by atoms with Crippen molar-refractivity contribution in [3.05, 3.63) is 54.1 Å². The molecule has 10 nitrogen and oxygen atoms in total. The van der Waals surface area contributed by atoms with E-state index in [1.807, 2.05) is 35.5 Å². The Morgan fingerprint density at radius 2 is 1.71 bits per heavy atom. The summed E-state index contributed by atoms with van der Waals surface area (Å²) < 4.78 is 1.75. The summed E-state index contributed by atoms with van der Waals surface area (Å²) in [5.74, 6) is 0.0824. The highest BCUT2D eigenvalue weighted by Gasteiger charge is 2.41. The van der Waals surface area contributed by atoms with Crippen molar-refractivity contribution in [3.63, 3.8) is 0 Å². The maximum atomic E-state index is 13.6. The zero-order chi connectivity index (χ0) is 26.0. The Kier molecular flexibility index (Phi) is 5.48. The van der Waals surface area contributed by atoms with Gasteiger partial charge >= 0.3 is 0 Å². The van der Waals surface area contributed by atoms with Gasteiger partial charge in [-0.1, -0.05) is 0 Å². The number of likely N-dealkylation sites (tertiary alicyclic amines) is 1. The number of nitrogens with zero attached hydrogens (tertiary/aromatic N) is 7. The molecule has 7 heterocycles. The minimum absolute atomic E-state index is 0.0144. The van der Waals surface area contributed by atoms with E-state index in [4.69, 9.17) is 0 Å². The molecule has 3 aliphatic heterocycles. The molecule has 0 saturated carbocycles. The number of hydrogen-bond donors (Lipinski definition) is 1. The topological polar surface area (TPSA) is 93.1 Å². The fourth-order valence-corrected chi connectivity index (χ4v) is 6.45. The van der Waals surface area contributed by atoms with Crippen LogP contribution >= 0.6 is 0 Å². The number of H-pyrrole nitrogens is 1. The molecular weight excluding hydrogens is 480 g/mol. The van der Waals surface area contributed by atoms with Crippen LogP contribution in [0.5, 0.6) is 0 Å². The Bertz CT molecular complexity index is 1540. The van der Waals surface area contributed by atoms with Crippen molar-refractivity contribution >= 4 is 28.4 Å². The van der Waals surface area contributed by atoms with Crippen molar-refractivity contribution in [2.24, 2.45) is 0 Å². The van der Waals surface area contributed by atoms with Crippen LogP contribution in [0.3, 0.4) is 0 Å². The Hall–Kier alpha value is -3.76. The summed E-state index contributed by atoms with van der Waals surface area (Å²) in [6.07, 6.45) is 9.29. The van der Waals surface area contributed by atoms with Gasteiger partial charge in [-0.3, -0.25) is 9.59 Å². The lowest BCUT2D eigenvalue weighted by atomic mass is 10.0. The van der Waals surface area contributed by atoms with Crippen LogP contribution in [-0.2, 0) is 0 Å². The molecule has 3 aliphatic rings. The lowest BCUT2D eigenvalue weighted by Gasteiger charge is -2.39. The van der Waals surface area contributed by atoms with Crippen LogP contribution in [0.2, 0.25) is 0 Å². The van der Waals surface area contributed by atoms with Crippen LogP contribution in [0.15, 0.2) is 43.0 Å². The van der Waals surface area contributed by atoms with E-state index in [-0.39, 0.29) is 23.9 Å². The van der Waals surface area contributed by atoms with Crippen LogP contribution in [0.4, 0.5) is 0 Å². The molecule has 1 N–H and O–H groups in total. The Morgan fingerprint density at radius 3 is 2.47 bits per heavy atom. The van der Waals surface area contributed by atoms with Crippen molar-refractivity contribution in [3.8, 4) is 11.1 Å². The van der Waals surface area contributed by atoms with Crippen LogP contribution in [0, 0.1) is 0 Å². The third-order valence-electron chi connectivity index (χ3n) is 8.53. The van der Waals surface area contributed by atoms with Gasteiger partial charge in [0.15, 0.2) is 0 Å². The number of pyridine rings is 2. The van der Waals surface area contributed by atoms with E-state index in [1.54, 1.807) is 16.9 Å². The molecule has 2 atom stereocenters. The van der Waals surface area contributed by atoms with Gasteiger partial charge in [-0.05, 0) is 50.7 Å². The number of carbonyl (C=O) groups excluding carboxylic acids is 2. The molecule has 7 rings (SSSR count). The first-order valence-corrected chi connectivity index (χ1v) is 13.4. The molecular formula is C28H32N8O2. The van der Waals surface area contributed by atoms with Crippen LogP contribution in [0.1, 0.15) is 33.6 Å². The van der Waals surface area contributed by atoms with E-state index in [0.717, 1.165) is 66.7 Å². The summed E-state index contributed by atoms with van der Waals surface area (Å²) in [6, 6.07) is 6.50. The van der Waals surface area contributed by atoms with Crippen molar-refractivity contribution < 1.29 is 9.59 Å². The summed E-state index contributed by atoms with van der Waals surface area (Å²) >= 11 is 0. The predicted molar refractivity (Wildman–Crippen MR) is 144 cm³/mol. The molecule has 2 bridgehead atoms. The molecule has 196 valence electrons. The van der Waals surface area contributed by atoms with E-state index in [9.17, 15) is 9.59 Å². The summed E-state index contributed by atoms with van der Waals surface area (Å²) in [4.78, 5) is 43.4. The van der Waals surface area contributed by atoms with E-state index >= 15 is 0 Å². The largest absolute Gasteiger partial charge is 0.346 e. The number of piperazine rings is 2. The number of fused-ring (bicyclic) bond motifs is 4. The third kappa shape index (κ3) is 3.78. The molecule has 0 aromatic carbocycles. The minimum Gasteiger partial charge on any atom is -0.346 e. The quantitative estimate of drug-likeness (QED) is 0.452. The first-order chi connectivity index (χ1) is 18.5. The molecule has 0 spiro atoms. The van der Waals surface area contributed by atoms with Crippen molar-refractivity contribution in [2.45, 2.75) is 24.9 Å². The van der Waals surface area contributed by atoms with Gasteiger partial charge in [-0.25, -0.2) is 9.50 Å². The van der Waals surface area contributed by atoms with Crippen LogP contribution < -0.4 is 0 Å². The van der Waals surface area contributed by atoms with Crippen molar-refractivity contribution in [1.82, 2.24) is 39.2 Å². The van der Waals surface area contributed by atoms with E-state index in [1.165, 1.54) is 0 Å². The molecule has 3 fully saturated rings. The second-order valence-corrected chi connectivity index (χ2v) is 11.0. The van der Waals surface area contributed by atoms with Crippen LogP contribution in [0.25, 0.3) is 27.7 Å². The number of hydrogen-bond acceptors (Lipinski definition) is 6. The maximum absolute atomic E-state index is 13.6. The van der Waals surface area contributed by atoms with Gasteiger partial charge < -0.3 is 24.6 Å². The molecule has 2 unspecified atom stereocenters. The highest BCUT2D eigenvalue weighted by molar-refractivity contribution is 6.03. The second kappa shape index (κ2) is 8.92. The lowest BCUT2D eigenvalue weighted by Crippen LogP contribution is -2.54. The number of carbonyl (C=O) groups is 2. The fourth-order valence-electron chi connectivity index (χ4n) is 6.45. The molecule has 2 amide bonds. The standard InChI is InChI=1S/C28H32N8O2/c1-32-7-9-34(10-8-32)28(38)24-15-31-35-6-5-18(12-25(24)35)23-14-30-26-22(23)11-19(13-29-26)27(37)36-20-3-4-21(36)17-33(2)16-20/h5-6,11-15,20-21H,3-4,7-10,16-17H2,1-2H3,(H,29,30). The number of nitrogens with one attached hydrogen (secondary N) is 1. The number of amides is 2. The number of likely N-dealkylation sites (N-methyl/N-ethyl adjacent to an activating group) is 2. The summed E-state index contributed by atoms with van der Waals surface area (Å²) in [7, 11) is 4.21. The summed E-state index contributed by atoms with van der Waals surface area (Å²) in [5, 5.41) is 5.33. The third-order valence-corrected chi connectivity index (χ3v) is 8.53. The Balaban J connectivity index is 1.22. The molecule has 0 aliphatic carbocycles. The summed E-state index contributed by atoms with van der Waals surface area (Å²) in [5.41, 5.74) is 4.63. The van der Waals surface area contributed by atoms with E-state index in [0.29, 0.717) is 24.2 Å². The van der Waals surface area contributed by atoms with Gasteiger partial charge in [-0.15, -0.1) is 0 Å². The minimum atomic E-state index is 0.0144. The van der Waals surface area contributed by atoms with Crippen molar-refractivity contribution in [2.75, 3.05) is 53.4 Å². The first-order valence-electron chi connectivity index (χ1n) is 13.4. The molecule has 4 aromatic rings. The zero-order valence-electron chi connectivity index (χ0n) is 21.8. The summed E-state index contributed by atoms with van der Waals surface area (Å²) in [6.45, 7) is 5.02. The molecule has 3 saturated heterocycles. The van der Waals surface area contributed by atoms with Gasteiger partial charge in [-0.2, -0.15) is 5.10 Å². The normalized spacial score (nSPS) is 22.6. The fraction of sp³-hybridized carbons (Fsp3) is 0.429. The Labute approximate surface area is 220 Å². The number of aromatic nitrogens is 4. The highest BCUT2D eigenvalue weighted by atomic mass is 16.2. The molecule has 0 radical (unpaired) electrons. The number of aromatic amines is 1. The zero-order valence-corrected chi connectivity index (χ0v) is 21.8. The molecule has 4 aromatic heterocycles. The molecule has 10 heteroatoms. The van der Waals surface area contributed by atoms with Crippen LogP contribution in [-0.4, -0.2) is 116 Å². The highest BCUT2D eigenvalue weighted by Crippen LogP contribution is 2.33. The smallest absolute Gasteiger partial charge is 0.257 e. The van der Waals surface area contributed by atoms with Gasteiger partial charge in [0.05, 0.1) is 22.8 Å². The van der Waals surface area contributed by atoms with E-state index < -0.39 is 0 Å². The number of rotatable bonds is 3. The average molecular weight is 513 g/mol. The monoisotopic (exact) mass is 512 g/mol. The lowest BCUT2D eigenvalue weighted by molar-refractivity contribution is 0.0472. The first kappa shape index (κ1) is 23.4. The SMILES string of the molecule is CN1CCN(C(=O)c2cnn3ccc(-c4c[nH]c5ncc(C(=O)N6C7CCC6CN(C)C7)cc45)cc23)CC1. The second-order valence-electron chi connectivity index (χ2n) is 11.0. The van der Waals surface area contributed by atoms with Crippen molar-refractivity contribution in [1.29, 1.82) is 0 Å². The predicted octanol–water partition coefficient (Wildman–Crippen LogP) is 2.18.